The maximum Gasteiger partial charge on any atom is 0.418 e. The van der Waals surface area contributed by atoms with E-state index in [1.54, 1.807) is 12.1 Å². The van der Waals surface area contributed by atoms with E-state index in [0.717, 1.165) is 34.9 Å². The van der Waals surface area contributed by atoms with E-state index in [0.29, 0.717) is 0 Å². The number of carbonyl (C=O) groups is 2. The van der Waals surface area contributed by atoms with Crippen LogP contribution in [0.3, 0.4) is 0 Å². The molecule has 3 aromatic carbocycles. The average Bonchev–Trinajstić information content (AvgIpc) is 2.74. The fourth-order valence-corrected chi connectivity index (χ4v) is 3.05. The number of rotatable bonds is 6. The summed E-state index contributed by atoms with van der Waals surface area (Å²) in [6.07, 6.45) is -4.66. The molecule has 3 rings (SSSR count). The number of halogens is 4. The molecule has 0 radical (unpaired) electrons. The van der Waals surface area contributed by atoms with E-state index in [1.165, 1.54) is 0 Å². The van der Waals surface area contributed by atoms with Crippen molar-refractivity contribution in [1.82, 2.24) is 0 Å². The van der Waals surface area contributed by atoms with Gasteiger partial charge in [-0.2, -0.15) is 13.2 Å². The summed E-state index contributed by atoms with van der Waals surface area (Å²) in [6, 6.07) is 20.0. The molecule has 3 aromatic rings. The zero-order chi connectivity index (χ0) is 21.7. The van der Waals surface area contributed by atoms with Crippen molar-refractivity contribution in [3.63, 3.8) is 0 Å². The number of Topliss-reactive ketones (excluding diaryl/α,β-unsaturated/α-hetero) is 1. The lowest BCUT2D eigenvalue weighted by atomic mass is 9.98. The lowest BCUT2D eigenvalue weighted by Crippen LogP contribution is -2.18. The Hall–Kier alpha value is -3.12. The number of amides is 1. The molecule has 0 aromatic heterocycles. The van der Waals surface area contributed by atoms with E-state index in [1.807, 2.05) is 42.5 Å². The van der Waals surface area contributed by atoms with Crippen molar-refractivity contribution in [2.75, 3.05) is 11.2 Å². The van der Waals surface area contributed by atoms with Crippen molar-refractivity contribution < 1.29 is 22.8 Å². The lowest BCUT2D eigenvalue weighted by molar-refractivity contribution is -0.137. The Morgan fingerprint density at radius 1 is 0.867 bits per heavy atom. The van der Waals surface area contributed by atoms with Crippen LogP contribution in [-0.4, -0.2) is 17.6 Å². The highest BCUT2D eigenvalue weighted by molar-refractivity contribution is 6.29. The molecule has 0 aliphatic heterocycles. The highest BCUT2D eigenvalue weighted by Crippen LogP contribution is 2.35. The SMILES string of the molecule is O=C(CCl)Nc1cc(C(=O)Cc2ccc(-c3ccccc3)cc2)ccc1C(F)(F)F. The minimum absolute atomic E-state index is 0.0172. The second-order valence-electron chi connectivity index (χ2n) is 6.60. The van der Waals surface area contributed by atoms with Gasteiger partial charge in [-0.1, -0.05) is 60.7 Å². The third-order valence-electron chi connectivity index (χ3n) is 4.47. The maximum atomic E-state index is 13.2. The molecule has 0 atom stereocenters. The first-order valence-electron chi connectivity index (χ1n) is 9.02. The highest BCUT2D eigenvalue weighted by atomic mass is 35.5. The van der Waals surface area contributed by atoms with Crippen LogP contribution in [-0.2, 0) is 17.4 Å². The van der Waals surface area contributed by atoms with Crippen LogP contribution in [0.2, 0.25) is 0 Å². The first-order valence-corrected chi connectivity index (χ1v) is 9.56. The van der Waals surface area contributed by atoms with Gasteiger partial charge in [-0.3, -0.25) is 9.59 Å². The van der Waals surface area contributed by atoms with Crippen molar-refractivity contribution in [2.24, 2.45) is 0 Å². The monoisotopic (exact) mass is 431 g/mol. The molecule has 0 bridgehead atoms. The maximum absolute atomic E-state index is 13.2. The molecule has 0 unspecified atom stereocenters. The van der Waals surface area contributed by atoms with Crippen LogP contribution in [0.5, 0.6) is 0 Å². The molecule has 0 fully saturated rings. The van der Waals surface area contributed by atoms with E-state index >= 15 is 0 Å². The summed E-state index contributed by atoms with van der Waals surface area (Å²) in [5.41, 5.74) is 1.30. The van der Waals surface area contributed by atoms with Crippen LogP contribution < -0.4 is 5.32 Å². The van der Waals surface area contributed by atoms with Crippen LogP contribution in [0.4, 0.5) is 18.9 Å². The van der Waals surface area contributed by atoms with Gasteiger partial charge >= 0.3 is 6.18 Å². The predicted molar refractivity (Wildman–Crippen MR) is 111 cm³/mol. The molecule has 1 amide bonds. The molecule has 154 valence electrons. The topological polar surface area (TPSA) is 46.2 Å². The van der Waals surface area contributed by atoms with Crippen LogP contribution in [0.25, 0.3) is 11.1 Å². The van der Waals surface area contributed by atoms with Crippen LogP contribution in [0.1, 0.15) is 21.5 Å². The summed E-state index contributed by atoms with van der Waals surface area (Å²) in [6.45, 7) is 0. The molecule has 0 aliphatic carbocycles. The Labute approximate surface area is 176 Å². The van der Waals surface area contributed by atoms with Gasteiger partial charge in [0.05, 0.1) is 11.3 Å². The van der Waals surface area contributed by atoms with Gasteiger partial charge in [0, 0.05) is 12.0 Å². The van der Waals surface area contributed by atoms with Gasteiger partial charge in [0.15, 0.2) is 5.78 Å². The number of nitrogens with one attached hydrogen (secondary N) is 1. The molecule has 0 heterocycles. The highest BCUT2D eigenvalue weighted by Gasteiger charge is 2.34. The number of anilines is 1. The Bertz CT molecular complexity index is 1050. The second-order valence-corrected chi connectivity index (χ2v) is 6.87. The number of alkyl halides is 4. The lowest BCUT2D eigenvalue weighted by Gasteiger charge is -2.14. The molecule has 30 heavy (non-hydrogen) atoms. The van der Waals surface area contributed by atoms with Gasteiger partial charge in [0.25, 0.3) is 0 Å². The summed E-state index contributed by atoms with van der Waals surface area (Å²) in [4.78, 5) is 24.1. The zero-order valence-corrected chi connectivity index (χ0v) is 16.4. The Kier molecular flexibility index (Phi) is 6.57. The number of hydrogen-bond acceptors (Lipinski definition) is 2. The van der Waals surface area contributed by atoms with Crippen molar-refractivity contribution >= 4 is 29.0 Å². The number of ketones is 1. The Morgan fingerprint density at radius 2 is 1.50 bits per heavy atom. The van der Waals surface area contributed by atoms with E-state index in [2.05, 4.69) is 5.32 Å². The molecule has 0 saturated heterocycles. The Balaban J connectivity index is 1.81. The summed E-state index contributed by atoms with van der Waals surface area (Å²) in [5, 5.41) is 2.11. The Morgan fingerprint density at radius 3 is 2.10 bits per heavy atom. The van der Waals surface area contributed by atoms with Gasteiger partial charge in [0.2, 0.25) is 5.91 Å². The van der Waals surface area contributed by atoms with Gasteiger partial charge in [-0.25, -0.2) is 0 Å². The smallest absolute Gasteiger partial charge is 0.324 e. The van der Waals surface area contributed by atoms with Crippen LogP contribution in [0.15, 0.2) is 72.8 Å². The van der Waals surface area contributed by atoms with E-state index < -0.39 is 29.2 Å². The molecule has 3 nitrogen and oxygen atoms in total. The predicted octanol–water partition coefficient (Wildman–Crippen LogP) is 5.98. The minimum atomic E-state index is -4.68. The fraction of sp³-hybridized carbons (Fsp3) is 0.130. The van der Waals surface area contributed by atoms with Crippen LogP contribution >= 0.6 is 11.6 Å². The van der Waals surface area contributed by atoms with Crippen molar-refractivity contribution in [3.8, 4) is 11.1 Å². The summed E-state index contributed by atoms with van der Waals surface area (Å²) < 4.78 is 39.6. The quantitative estimate of drug-likeness (QED) is 0.386. The molecule has 0 saturated carbocycles. The van der Waals surface area contributed by atoms with Crippen molar-refractivity contribution in [1.29, 1.82) is 0 Å². The molecule has 1 N–H and O–H groups in total. The minimum Gasteiger partial charge on any atom is -0.324 e. The molecule has 0 spiro atoms. The first-order chi connectivity index (χ1) is 14.3. The summed E-state index contributed by atoms with van der Waals surface area (Å²) in [5.74, 6) is -1.65. The second kappa shape index (κ2) is 9.13. The normalized spacial score (nSPS) is 11.2. The van der Waals surface area contributed by atoms with Gasteiger partial charge < -0.3 is 5.32 Å². The van der Waals surface area contributed by atoms with Gasteiger partial charge in [0.1, 0.15) is 5.88 Å². The third-order valence-corrected chi connectivity index (χ3v) is 4.71. The standard InChI is InChI=1S/C23H17ClF3NO2/c24-14-22(30)28-20-13-18(10-11-19(20)23(25,26)27)21(29)12-15-6-8-17(9-7-15)16-4-2-1-3-5-16/h1-11,13H,12,14H2,(H,28,30). The molecule has 7 heteroatoms. The number of carbonyl (C=O) groups excluding carboxylic acids is 2. The van der Waals surface area contributed by atoms with E-state index in [-0.39, 0.29) is 17.8 Å². The summed E-state index contributed by atoms with van der Waals surface area (Å²) >= 11 is 5.37. The third kappa shape index (κ3) is 5.27. The van der Waals surface area contributed by atoms with Crippen LogP contribution in [0, 0.1) is 0 Å². The molecular weight excluding hydrogens is 415 g/mol. The fourth-order valence-electron chi connectivity index (χ4n) is 2.99. The van der Waals surface area contributed by atoms with Gasteiger partial charge in [-0.05, 0) is 28.8 Å². The molecular formula is C23H17ClF3NO2. The van der Waals surface area contributed by atoms with Gasteiger partial charge in [-0.15, -0.1) is 11.6 Å². The molecule has 0 aliphatic rings. The first kappa shape index (κ1) is 21.6. The zero-order valence-electron chi connectivity index (χ0n) is 15.7. The average molecular weight is 432 g/mol. The van der Waals surface area contributed by atoms with E-state index in [9.17, 15) is 22.8 Å². The largest absolute Gasteiger partial charge is 0.418 e. The van der Waals surface area contributed by atoms with Crippen molar-refractivity contribution in [3.05, 3.63) is 89.5 Å². The number of hydrogen-bond donors (Lipinski definition) is 1. The number of benzene rings is 3. The van der Waals surface area contributed by atoms with E-state index in [4.69, 9.17) is 11.6 Å². The summed E-state index contributed by atoms with van der Waals surface area (Å²) in [7, 11) is 0. The van der Waals surface area contributed by atoms with Crippen molar-refractivity contribution in [2.45, 2.75) is 12.6 Å².